The molecule has 0 heterocycles. The van der Waals surface area contributed by atoms with E-state index in [4.69, 9.17) is 9.47 Å². The van der Waals surface area contributed by atoms with Crippen molar-refractivity contribution < 1.29 is 147 Å². The quantitative estimate of drug-likeness (QED) is 0.126. The fourth-order valence-electron chi connectivity index (χ4n) is 2.65. The van der Waals surface area contributed by atoms with Crippen molar-refractivity contribution in [2.75, 3.05) is 19.9 Å². The molecule has 2 aromatic carbocycles. The standard InChI is InChI=1S/C19H23O9P.2K/c1-27-19-6-3-12(9-18(19)23)15(20)5-4-14-16(21)10-13(11-17(14)22)28-7-2-8-29(24,25)26;;/h3,6,9-11,21-23H,2,4-5,7-8H2,1H3,(H2,24,25,26);;/q;2*+1/p-2. The molecule has 0 aliphatic rings. The number of Topliss-reactive ketones (excluding diaryl/α,β-unsaturated/α-hetero) is 1. The van der Waals surface area contributed by atoms with Gasteiger partial charge in [-0.05, 0) is 37.2 Å². The van der Waals surface area contributed by atoms with Crippen LogP contribution in [0.5, 0.6) is 28.7 Å². The number of ketones is 1. The van der Waals surface area contributed by atoms with Gasteiger partial charge in [0, 0.05) is 29.7 Å². The van der Waals surface area contributed by atoms with E-state index in [1.807, 2.05) is 0 Å². The Labute approximate surface area is 265 Å². The van der Waals surface area contributed by atoms with Gasteiger partial charge in [0.05, 0.1) is 13.7 Å². The minimum Gasteiger partial charge on any atom is -0.811 e. The van der Waals surface area contributed by atoms with E-state index in [9.17, 15) is 34.5 Å². The van der Waals surface area contributed by atoms with E-state index >= 15 is 0 Å². The summed E-state index contributed by atoms with van der Waals surface area (Å²) in [5, 5.41) is 30.0. The van der Waals surface area contributed by atoms with Gasteiger partial charge in [-0.3, -0.25) is 4.79 Å². The van der Waals surface area contributed by atoms with Crippen LogP contribution in [0.1, 0.15) is 28.8 Å². The van der Waals surface area contributed by atoms with Crippen LogP contribution in [0.25, 0.3) is 0 Å². The zero-order valence-corrected chi connectivity index (χ0v) is 24.8. The van der Waals surface area contributed by atoms with Gasteiger partial charge in [0.15, 0.2) is 17.3 Å². The van der Waals surface area contributed by atoms with Crippen molar-refractivity contribution in [1.29, 1.82) is 0 Å². The number of hydrogen-bond acceptors (Lipinski definition) is 9. The van der Waals surface area contributed by atoms with Crippen LogP contribution in [0.3, 0.4) is 0 Å². The first-order valence-electron chi connectivity index (χ1n) is 8.69. The molecule has 0 saturated heterocycles. The normalized spacial score (nSPS) is 10.5. The van der Waals surface area contributed by atoms with Crippen LogP contribution in [0.2, 0.25) is 0 Å². The van der Waals surface area contributed by atoms with Crippen molar-refractivity contribution in [1.82, 2.24) is 0 Å². The van der Waals surface area contributed by atoms with E-state index in [0.717, 1.165) is 0 Å². The van der Waals surface area contributed by atoms with Gasteiger partial charge in [0.1, 0.15) is 17.2 Å². The zero-order chi connectivity index (χ0) is 21.6. The summed E-state index contributed by atoms with van der Waals surface area (Å²) in [6.45, 7) is -0.0772. The number of phenols is 3. The van der Waals surface area contributed by atoms with E-state index in [-0.39, 0.29) is 174 Å². The molecule has 2 rings (SSSR count). The molecule has 0 amide bonds. The summed E-state index contributed by atoms with van der Waals surface area (Å²) in [7, 11) is -3.21. The minimum atomic E-state index is -4.60. The number of rotatable bonds is 10. The molecular weight excluding hydrogens is 481 g/mol. The maximum Gasteiger partial charge on any atom is 1.00 e. The van der Waals surface area contributed by atoms with Gasteiger partial charge >= 0.3 is 103 Å². The van der Waals surface area contributed by atoms with Crippen molar-refractivity contribution in [2.24, 2.45) is 0 Å². The van der Waals surface area contributed by atoms with Gasteiger partial charge < -0.3 is 39.1 Å². The fourth-order valence-corrected chi connectivity index (χ4v) is 3.17. The Morgan fingerprint density at radius 3 is 2.16 bits per heavy atom. The molecule has 9 nitrogen and oxygen atoms in total. The predicted molar refractivity (Wildman–Crippen MR) is 99.7 cm³/mol. The number of methoxy groups -OCH3 is 1. The van der Waals surface area contributed by atoms with Crippen molar-refractivity contribution >= 4 is 13.4 Å². The summed E-state index contributed by atoms with van der Waals surface area (Å²) in [5.74, 6) is -0.715. The summed E-state index contributed by atoms with van der Waals surface area (Å²) in [6.07, 6.45) is -0.558. The first-order chi connectivity index (χ1) is 13.6. The summed E-state index contributed by atoms with van der Waals surface area (Å²) in [5.41, 5.74) is 0.406. The van der Waals surface area contributed by atoms with E-state index in [1.165, 1.54) is 37.4 Å². The van der Waals surface area contributed by atoms with E-state index in [0.29, 0.717) is 0 Å². The maximum absolute atomic E-state index is 12.3. The molecule has 0 unspecified atom stereocenters. The molecule has 0 saturated carbocycles. The molecule has 0 aliphatic carbocycles. The largest absolute Gasteiger partial charge is 1.00 e. The molecule has 158 valence electrons. The average molecular weight is 503 g/mol. The van der Waals surface area contributed by atoms with Crippen molar-refractivity contribution in [3.63, 3.8) is 0 Å². The Morgan fingerprint density at radius 1 is 1.03 bits per heavy atom. The molecule has 0 radical (unpaired) electrons. The second-order valence-corrected chi connectivity index (χ2v) is 7.96. The van der Waals surface area contributed by atoms with Gasteiger partial charge in [-0.1, -0.05) is 7.60 Å². The van der Waals surface area contributed by atoms with E-state index in [1.54, 1.807) is 0 Å². The fraction of sp³-hybridized carbons (Fsp3) is 0.316. The molecule has 2 aromatic rings. The number of ether oxygens (including phenoxy) is 2. The van der Waals surface area contributed by atoms with Crippen LogP contribution in [0.15, 0.2) is 30.3 Å². The van der Waals surface area contributed by atoms with E-state index in [2.05, 4.69) is 0 Å². The third-order valence-corrected chi connectivity index (χ3v) is 4.99. The Balaban J connectivity index is 0.00000450. The Morgan fingerprint density at radius 2 is 1.65 bits per heavy atom. The first-order valence-corrected chi connectivity index (χ1v) is 10.4. The molecule has 31 heavy (non-hydrogen) atoms. The monoisotopic (exact) mass is 502 g/mol. The van der Waals surface area contributed by atoms with Gasteiger partial charge in [-0.25, -0.2) is 0 Å². The number of phenolic OH excluding ortho intramolecular Hbond substituents is 3. The number of hydrogen-bond donors (Lipinski definition) is 3. The predicted octanol–water partition coefficient (Wildman–Crippen LogP) is -4.68. The van der Waals surface area contributed by atoms with Crippen molar-refractivity contribution in [3.05, 3.63) is 41.5 Å². The average Bonchev–Trinajstić information content (AvgIpc) is 2.63. The third kappa shape index (κ3) is 10.6. The molecule has 12 heteroatoms. The van der Waals surface area contributed by atoms with E-state index < -0.39 is 13.8 Å². The topological polar surface area (TPSA) is 159 Å². The molecule has 3 N–H and O–H groups in total. The van der Waals surface area contributed by atoms with Gasteiger partial charge in [0.2, 0.25) is 0 Å². The van der Waals surface area contributed by atoms with Crippen LogP contribution >= 0.6 is 7.60 Å². The molecule has 0 spiro atoms. The summed E-state index contributed by atoms with van der Waals surface area (Å²) in [4.78, 5) is 33.4. The Kier molecular flexibility index (Phi) is 15.0. The number of carbonyl (C=O) groups is 1. The number of aromatic hydroxyl groups is 3. The van der Waals surface area contributed by atoms with Crippen LogP contribution in [-0.2, 0) is 11.0 Å². The van der Waals surface area contributed by atoms with Crippen LogP contribution in [0, 0.1) is 0 Å². The Hall–Kier alpha value is 0.533. The number of benzene rings is 2. The Bertz CT molecular complexity index is 908. The van der Waals surface area contributed by atoms with Crippen molar-refractivity contribution in [2.45, 2.75) is 19.3 Å². The third-order valence-electron chi connectivity index (χ3n) is 4.12. The molecular formula is C19H21K2O9P. The second kappa shape index (κ2) is 14.7. The molecule has 0 bridgehead atoms. The van der Waals surface area contributed by atoms with Crippen LogP contribution in [-0.4, -0.2) is 41.0 Å². The summed E-state index contributed by atoms with van der Waals surface area (Å²) in [6, 6.07) is 6.70. The second-order valence-electron chi connectivity index (χ2n) is 6.29. The SMILES string of the molecule is COc1ccc(C(=O)CCc2c(O)cc(OCCCP(=O)([O-])[O-])cc2O)cc1O.[K+].[K+]. The van der Waals surface area contributed by atoms with Crippen LogP contribution in [0.4, 0.5) is 0 Å². The van der Waals surface area contributed by atoms with Gasteiger partial charge in [-0.15, -0.1) is 0 Å². The summed E-state index contributed by atoms with van der Waals surface area (Å²) < 4.78 is 20.7. The van der Waals surface area contributed by atoms with Crippen LogP contribution < -0.4 is 122 Å². The smallest absolute Gasteiger partial charge is 0.811 e. The minimum absolute atomic E-state index is 0. The van der Waals surface area contributed by atoms with Gasteiger partial charge in [-0.2, -0.15) is 0 Å². The molecule has 0 fully saturated rings. The molecule has 0 aliphatic heterocycles. The van der Waals surface area contributed by atoms with Crippen molar-refractivity contribution in [3.8, 4) is 28.7 Å². The summed E-state index contributed by atoms with van der Waals surface area (Å²) >= 11 is 0. The number of carbonyl (C=O) groups excluding carboxylic acids is 1. The first kappa shape index (κ1) is 31.5. The zero-order valence-electron chi connectivity index (χ0n) is 17.7. The van der Waals surface area contributed by atoms with Gasteiger partial charge in [0.25, 0.3) is 0 Å². The molecule has 0 aromatic heterocycles. The maximum atomic E-state index is 12.3. The molecule has 0 atom stereocenters.